The molecule has 20 heavy (non-hydrogen) atoms. The van der Waals surface area contributed by atoms with Crippen LogP contribution in [-0.4, -0.2) is 6.61 Å². The molecule has 1 nitrogen and oxygen atoms in total. The summed E-state index contributed by atoms with van der Waals surface area (Å²) in [6, 6.07) is 18.5. The van der Waals surface area contributed by atoms with Gasteiger partial charge in [0, 0.05) is 0 Å². The van der Waals surface area contributed by atoms with E-state index in [1.807, 2.05) is 30.3 Å². The van der Waals surface area contributed by atoms with Gasteiger partial charge in [-0.05, 0) is 36.5 Å². The molecule has 2 rings (SSSR count). The molecule has 0 heterocycles. The molecule has 0 N–H and O–H groups in total. The molecule has 0 saturated heterocycles. The fraction of sp³-hybridized carbons (Fsp3) is 0.333. The lowest BCUT2D eigenvalue weighted by molar-refractivity contribution is 0.314. The molecule has 0 fully saturated rings. The van der Waals surface area contributed by atoms with Crippen LogP contribution >= 0.6 is 11.6 Å². The van der Waals surface area contributed by atoms with Gasteiger partial charge in [-0.2, -0.15) is 0 Å². The first-order chi connectivity index (χ1) is 9.81. The minimum atomic E-state index is 0.0513. The number of alkyl halides is 1. The first kappa shape index (κ1) is 14.9. The largest absolute Gasteiger partial charge is 0.493 e. The van der Waals surface area contributed by atoms with Crippen molar-refractivity contribution in [2.45, 2.75) is 31.6 Å². The van der Waals surface area contributed by atoms with Crippen molar-refractivity contribution in [3.63, 3.8) is 0 Å². The molecule has 1 atom stereocenters. The standard InChI is InChI=1S/C18H21ClO/c1-2-14-20-18-11-7-6-10-16(18)12-13-17(19)15-8-4-3-5-9-15/h3-11,17H,2,12-14H2,1H3. The highest BCUT2D eigenvalue weighted by Crippen LogP contribution is 2.28. The first-order valence-electron chi connectivity index (χ1n) is 7.21. The summed E-state index contributed by atoms with van der Waals surface area (Å²) >= 11 is 6.47. The van der Waals surface area contributed by atoms with Crippen molar-refractivity contribution in [3.8, 4) is 5.75 Å². The SMILES string of the molecule is CCCOc1ccccc1CCC(Cl)c1ccccc1. The van der Waals surface area contributed by atoms with Crippen LogP contribution in [0.1, 0.15) is 36.3 Å². The Morgan fingerprint density at radius 3 is 2.45 bits per heavy atom. The topological polar surface area (TPSA) is 9.23 Å². The highest BCUT2D eigenvalue weighted by atomic mass is 35.5. The van der Waals surface area contributed by atoms with Gasteiger partial charge in [-0.1, -0.05) is 55.5 Å². The third-order valence-electron chi connectivity index (χ3n) is 3.26. The molecule has 1 unspecified atom stereocenters. The van der Waals surface area contributed by atoms with Gasteiger partial charge in [0.15, 0.2) is 0 Å². The number of rotatable bonds is 7. The van der Waals surface area contributed by atoms with Crippen molar-refractivity contribution in [2.24, 2.45) is 0 Å². The van der Waals surface area contributed by atoms with Crippen LogP contribution in [0.4, 0.5) is 0 Å². The number of aryl methyl sites for hydroxylation is 1. The Morgan fingerprint density at radius 1 is 1.00 bits per heavy atom. The van der Waals surface area contributed by atoms with Crippen LogP contribution in [0.3, 0.4) is 0 Å². The van der Waals surface area contributed by atoms with Crippen LogP contribution in [0.5, 0.6) is 5.75 Å². The van der Waals surface area contributed by atoms with E-state index in [2.05, 4.69) is 31.2 Å². The minimum Gasteiger partial charge on any atom is -0.493 e. The van der Waals surface area contributed by atoms with Crippen molar-refractivity contribution in [1.82, 2.24) is 0 Å². The van der Waals surface area contributed by atoms with E-state index < -0.39 is 0 Å². The molecule has 0 amide bonds. The summed E-state index contributed by atoms with van der Waals surface area (Å²) in [6.07, 6.45) is 2.87. The fourth-order valence-electron chi connectivity index (χ4n) is 2.17. The van der Waals surface area contributed by atoms with E-state index >= 15 is 0 Å². The second kappa shape index (κ2) is 7.96. The van der Waals surface area contributed by atoms with Gasteiger partial charge in [-0.15, -0.1) is 11.6 Å². The van der Waals surface area contributed by atoms with Crippen LogP contribution in [0.2, 0.25) is 0 Å². The Kier molecular flexibility index (Phi) is 5.94. The number of para-hydroxylation sites is 1. The second-order valence-corrected chi connectivity index (χ2v) is 5.40. The van der Waals surface area contributed by atoms with Crippen LogP contribution in [0.15, 0.2) is 54.6 Å². The minimum absolute atomic E-state index is 0.0513. The summed E-state index contributed by atoms with van der Waals surface area (Å²) < 4.78 is 5.78. The van der Waals surface area contributed by atoms with Crippen LogP contribution in [-0.2, 0) is 6.42 Å². The zero-order valence-corrected chi connectivity index (χ0v) is 12.6. The number of ether oxygens (including phenoxy) is 1. The Bertz CT molecular complexity index is 510. The normalized spacial score (nSPS) is 12.1. The Labute approximate surface area is 126 Å². The van der Waals surface area contributed by atoms with E-state index in [9.17, 15) is 0 Å². The lowest BCUT2D eigenvalue weighted by Gasteiger charge is -2.13. The molecule has 0 aliphatic heterocycles. The highest BCUT2D eigenvalue weighted by Gasteiger charge is 2.09. The molecule has 0 spiro atoms. The zero-order chi connectivity index (χ0) is 14.2. The molecule has 2 aromatic rings. The average molecular weight is 289 g/mol. The molecular formula is C18H21ClO. The van der Waals surface area contributed by atoms with Gasteiger partial charge in [0.05, 0.1) is 12.0 Å². The maximum atomic E-state index is 6.47. The summed E-state index contributed by atoms with van der Waals surface area (Å²) in [4.78, 5) is 0. The van der Waals surface area contributed by atoms with Crippen molar-refractivity contribution < 1.29 is 4.74 Å². The Morgan fingerprint density at radius 2 is 1.70 bits per heavy atom. The van der Waals surface area contributed by atoms with Crippen molar-refractivity contribution in [3.05, 3.63) is 65.7 Å². The predicted molar refractivity (Wildman–Crippen MR) is 85.6 cm³/mol. The molecule has 0 bridgehead atoms. The zero-order valence-electron chi connectivity index (χ0n) is 11.9. The van der Waals surface area contributed by atoms with Crippen molar-refractivity contribution in [2.75, 3.05) is 6.61 Å². The van der Waals surface area contributed by atoms with Gasteiger partial charge in [-0.3, -0.25) is 0 Å². The summed E-state index contributed by atoms with van der Waals surface area (Å²) in [5, 5.41) is 0.0513. The Balaban J connectivity index is 1.96. The maximum absolute atomic E-state index is 6.47. The van der Waals surface area contributed by atoms with E-state index in [1.165, 1.54) is 11.1 Å². The van der Waals surface area contributed by atoms with E-state index in [0.29, 0.717) is 0 Å². The number of halogens is 1. The summed E-state index contributed by atoms with van der Waals surface area (Å²) in [7, 11) is 0. The first-order valence-corrected chi connectivity index (χ1v) is 7.64. The number of hydrogen-bond donors (Lipinski definition) is 0. The third kappa shape index (κ3) is 4.28. The summed E-state index contributed by atoms with van der Waals surface area (Å²) in [5.41, 5.74) is 2.42. The van der Waals surface area contributed by atoms with Crippen LogP contribution < -0.4 is 4.74 Å². The molecule has 0 radical (unpaired) electrons. The van der Waals surface area contributed by atoms with Gasteiger partial charge in [-0.25, -0.2) is 0 Å². The number of hydrogen-bond acceptors (Lipinski definition) is 1. The average Bonchev–Trinajstić information content (AvgIpc) is 2.52. The van der Waals surface area contributed by atoms with Crippen molar-refractivity contribution in [1.29, 1.82) is 0 Å². The third-order valence-corrected chi connectivity index (χ3v) is 3.73. The van der Waals surface area contributed by atoms with Gasteiger partial charge in [0.2, 0.25) is 0 Å². The molecule has 106 valence electrons. The molecular weight excluding hydrogens is 268 g/mol. The van der Waals surface area contributed by atoms with Crippen LogP contribution in [0.25, 0.3) is 0 Å². The fourth-order valence-corrected chi connectivity index (χ4v) is 2.43. The lowest BCUT2D eigenvalue weighted by atomic mass is 10.0. The Hall–Kier alpha value is -1.47. The van der Waals surface area contributed by atoms with Gasteiger partial charge >= 0.3 is 0 Å². The van der Waals surface area contributed by atoms with E-state index in [4.69, 9.17) is 16.3 Å². The van der Waals surface area contributed by atoms with Gasteiger partial charge < -0.3 is 4.74 Å². The molecule has 0 aromatic heterocycles. The lowest BCUT2D eigenvalue weighted by Crippen LogP contribution is -2.00. The van der Waals surface area contributed by atoms with Crippen LogP contribution in [0, 0.1) is 0 Å². The maximum Gasteiger partial charge on any atom is 0.122 e. The molecule has 2 heteroatoms. The molecule has 0 aliphatic carbocycles. The van der Waals surface area contributed by atoms with Crippen molar-refractivity contribution >= 4 is 11.6 Å². The molecule has 0 saturated carbocycles. The van der Waals surface area contributed by atoms with Gasteiger partial charge in [0.1, 0.15) is 5.75 Å². The monoisotopic (exact) mass is 288 g/mol. The summed E-state index contributed by atoms with van der Waals surface area (Å²) in [5.74, 6) is 0.992. The predicted octanol–water partition coefficient (Wildman–Crippen LogP) is 5.39. The highest BCUT2D eigenvalue weighted by molar-refractivity contribution is 6.20. The molecule has 0 aliphatic rings. The quantitative estimate of drug-likeness (QED) is 0.621. The number of benzene rings is 2. The van der Waals surface area contributed by atoms with E-state index in [0.717, 1.165) is 31.6 Å². The second-order valence-electron chi connectivity index (χ2n) is 4.87. The smallest absolute Gasteiger partial charge is 0.122 e. The molecule has 2 aromatic carbocycles. The summed E-state index contributed by atoms with van der Waals surface area (Å²) in [6.45, 7) is 2.88. The van der Waals surface area contributed by atoms with E-state index in [1.54, 1.807) is 0 Å². The van der Waals surface area contributed by atoms with E-state index in [-0.39, 0.29) is 5.38 Å². The van der Waals surface area contributed by atoms with Gasteiger partial charge in [0.25, 0.3) is 0 Å².